The van der Waals surface area contributed by atoms with Gasteiger partial charge in [-0.15, -0.1) is 0 Å². The highest BCUT2D eigenvalue weighted by atomic mass is 35.5. The lowest BCUT2D eigenvalue weighted by Gasteiger charge is -2.30. The van der Waals surface area contributed by atoms with Gasteiger partial charge >= 0.3 is 6.03 Å². The number of aromatic hydroxyl groups is 1. The molecule has 4 amide bonds. The lowest BCUT2D eigenvalue weighted by molar-refractivity contribution is -0.128. The minimum absolute atomic E-state index is 0.000688. The number of urea groups is 1. The first-order valence-corrected chi connectivity index (χ1v) is 17.9. The molecule has 258 valence electrons. The number of fused-ring (bicyclic) bond motifs is 1. The average molecular weight is 708 g/mol. The second-order valence-electron chi connectivity index (χ2n) is 12.8. The molecule has 2 fully saturated rings. The van der Waals surface area contributed by atoms with Gasteiger partial charge < -0.3 is 25.5 Å². The van der Waals surface area contributed by atoms with Crippen LogP contribution in [0.4, 0.5) is 4.79 Å². The van der Waals surface area contributed by atoms with Crippen molar-refractivity contribution in [2.24, 2.45) is 17.6 Å². The van der Waals surface area contributed by atoms with Gasteiger partial charge in [-0.1, -0.05) is 36.2 Å². The Morgan fingerprint density at radius 3 is 2.57 bits per heavy atom. The summed E-state index contributed by atoms with van der Waals surface area (Å²) >= 11 is 6.04. The number of H-pyrrole nitrogens is 1. The largest absolute Gasteiger partial charge is 0.506 e. The first kappa shape index (κ1) is 34.3. The Bertz CT molecular complexity index is 2030. The summed E-state index contributed by atoms with van der Waals surface area (Å²) in [7, 11) is -1.68. The van der Waals surface area contributed by atoms with Crippen LogP contribution < -0.4 is 10.5 Å². The van der Waals surface area contributed by atoms with E-state index in [9.17, 15) is 27.9 Å². The quantitative estimate of drug-likeness (QED) is 0.186. The minimum Gasteiger partial charge on any atom is -0.506 e. The van der Waals surface area contributed by atoms with Crippen LogP contribution in [0.15, 0.2) is 71.8 Å². The van der Waals surface area contributed by atoms with Crippen molar-refractivity contribution in [3.8, 4) is 17.2 Å². The molecule has 3 aromatic carbocycles. The molecule has 0 radical (unpaired) electrons. The van der Waals surface area contributed by atoms with E-state index in [0.29, 0.717) is 16.4 Å². The summed E-state index contributed by atoms with van der Waals surface area (Å²) in [4.78, 5) is 46.7. The van der Waals surface area contributed by atoms with Crippen molar-refractivity contribution in [3.63, 3.8) is 0 Å². The van der Waals surface area contributed by atoms with Crippen molar-refractivity contribution in [3.05, 3.63) is 83.0 Å². The number of phenolic OH excluding ortho intramolecular Hbond substituents is 1. The smallest absolute Gasteiger partial charge is 0.341 e. The number of para-hydroxylation sites is 1. The van der Waals surface area contributed by atoms with Crippen molar-refractivity contribution in [2.75, 3.05) is 27.2 Å². The van der Waals surface area contributed by atoms with Gasteiger partial charge in [0.1, 0.15) is 23.3 Å². The van der Waals surface area contributed by atoms with Crippen molar-refractivity contribution in [2.45, 2.75) is 43.0 Å². The number of carbonyl (C=O) groups excluding carboxylic acids is 3. The maximum absolute atomic E-state index is 14.5. The van der Waals surface area contributed by atoms with E-state index in [0.717, 1.165) is 47.6 Å². The lowest BCUT2D eigenvalue weighted by atomic mass is 9.81. The average Bonchev–Trinajstić information content (AvgIpc) is 3.60. The standard InChI is InChI=1S/C35H38ClN5O7S/c1-39(2)33(43)27-17-25(11-13-32(27)48-24-10-12-31(42)28(36)16-24)49(46,47)41-30(15-23-19-38-29-9-4-3-8-26(23)29)34(44)40(35(41)45)20-22-7-5-6-21(14-22)18-37/h3-4,8-13,16-17,19,21-22,30,38,42H,5-7,14-15,18,20,37H2,1-2H3/t21-,22+,30-/m0/s1. The summed E-state index contributed by atoms with van der Waals surface area (Å²) in [6.07, 6.45) is 5.11. The second kappa shape index (κ2) is 13.7. The predicted molar refractivity (Wildman–Crippen MR) is 184 cm³/mol. The first-order valence-electron chi connectivity index (χ1n) is 16.1. The van der Waals surface area contributed by atoms with Gasteiger partial charge in [0.15, 0.2) is 0 Å². The van der Waals surface area contributed by atoms with Crippen LogP contribution in [0.5, 0.6) is 17.2 Å². The molecule has 12 nitrogen and oxygen atoms in total. The SMILES string of the molecule is CN(C)C(=O)c1cc(S(=O)(=O)N2C(=O)N(C[C@@H]3CCC[C@H](CN)C3)C(=O)[C@@H]2Cc2c[nH]c3ccccc23)ccc1Oc1ccc(O)c(Cl)c1. The fourth-order valence-corrected chi connectivity index (χ4v) is 8.45. The monoisotopic (exact) mass is 707 g/mol. The number of hydrogen-bond donors (Lipinski definition) is 3. The van der Waals surface area contributed by atoms with E-state index >= 15 is 0 Å². The Labute approximate surface area is 289 Å². The number of phenols is 1. The molecule has 4 aromatic rings. The molecule has 14 heteroatoms. The molecule has 3 atom stereocenters. The number of benzene rings is 3. The Morgan fingerprint density at radius 2 is 1.84 bits per heavy atom. The molecule has 1 saturated heterocycles. The Balaban J connectivity index is 1.39. The number of aromatic amines is 1. The van der Waals surface area contributed by atoms with Crippen LogP contribution in [0.25, 0.3) is 10.9 Å². The second-order valence-corrected chi connectivity index (χ2v) is 15.0. The highest BCUT2D eigenvalue weighted by Gasteiger charge is 2.52. The van der Waals surface area contributed by atoms with E-state index in [1.54, 1.807) is 6.20 Å². The number of hydrogen-bond acceptors (Lipinski definition) is 8. The van der Waals surface area contributed by atoms with Gasteiger partial charge in [0.2, 0.25) is 0 Å². The van der Waals surface area contributed by atoms with Gasteiger partial charge in [0, 0.05) is 50.2 Å². The number of imide groups is 1. The van der Waals surface area contributed by atoms with Crippen molar-refractivity contribution >= 4 is 50.4 Å². The van der Waals surface area contributed by atoms with Crippen molar-refractivity contribution in [1.82, 2.24) is 19.1 Å². The molecule has 0 bridgehead atoms. The Morgan fingerprint density at radius 1 is 1.08 bits per heavy atom. The first-order chi connectivity index (χ1) is 23.4. The van der Waals surface area contributed by atoms with E-state index in [1.165, 1.54) is 49.3 Å². The summed E-state index contributed by atoms with van der Waals surface area (Å²) in [6, 6.07) is 13.0. The molecule has 0 unspecified atom stereocenters. The molecule has 1 aromatic heterocycles. The van der Waals surface area contributed by atoms with E-state index in [1.807, 2.05) is 24.3 Å². The number of sulfonamides is 1. The van der Waals surface area contributed by atoms with Gasteiger partial charge in [-0.05, 0) is 79.6 Å². The highest BCUT2D eigenvalue weighted by Crippen LogP contribution is 2.37. The zero-order chi connectivity index (χ0) is 35.0. The number of amides is 4. The Hall–Kier alpha value is -4.59. The van der Waals surface area contributed by atoms with E-state index in [4.69, 9.17) is 22.1 Å². The van der Waals surface area contributed by atoms with Crippen LogP contribution in [-0.4, -0.2) is 83.7 Å². The van der Waals surface area contributed by atoms with Crippen LogP contribution >= 0.6 is 11.6 Å². The van der Waals surface area contributed by atoms with Gasteiger partial charge in [0.25, 0.3) is 21.8 Å². The zero-order valence-electron chi connectivity index (χ0n) is 27.1. The molecule has 1 aliphatic carbocycles. The van der Waals surface area contributed by atoms with Crippen molar-refractivity contribution < 1.29 is 32.6 Å². The molecular weight excluding hydrogens is 670 g/mol. The molecule has 2 heterocycles. The van der Waals surface area contributed by atoms with Gasteiger partial charge in [-0.3, -0.25) is 14.5 Å². The molecule has 49 heavy (non-hydrogen) atoms. The number of aromatic nitrogens is 1. The van der Waals surface area contributed by atoms with Crippen molar-refractivity contribution in [1.29, 1.82) is 0 Å². The van der Waals surface area contributed by atoms with Gasteiger partial charge in [-0.2, -0.15) is 0 Å². The zero-order valence-corrected chi connectivity index (χ0v) is 28.7. The highest BCUT2D eigenvalue weighted by molar-refractivity contribution is 7.89. The number of carbonyl (C=O) groups is 3. The van der Waals surface area contributed by atoms with E-state index < -0.39 is 33.9 Å². The molecule has 1 aliphatic heterocycles. The molecule has 6 rings (SSSR count). The van der Waals surface area contributed by atoms with Gasteiger partial charge in [-0.25, -0.2) is 17.5 Å². The fourth-order valence-electron chi connectivity index (χ4n) is 6.74. The lowest BCUT2D eigenvalue weighted by Crippen LogP contribution is -2.42. The number of ether oxygens (including phenoxy) is 1. The molecular formula is C35H38ClN5O7S. The topological polar surface area (TPSA) is 166 Å². The summed E-state index contributed by atoms with van der Waals surface area (Å²) in [5.41, 5.74) is 7.34. The number of nitrogens with one attached hydrogen (secondary N) is 1. The third kappa shape index (κ3) is 6.70. The fraction of sp³-hybridized carbons (Fsp3) is 0.343. The van der Waals surface area contributed by atoms with Crippen LogP contribution in [0.2, 0.25) is 5.02 Å². The molecule has 4 N–H and O–H groups in total. The van der Waals surface area contributed by atoms with E-state index in [2.05, 4.69) is 4.98 Å². The van der Waals surface area contributed by atoms with Gasteiger partial charge in [0.05, 0.1) is 15.5 Å². The maximum Gasteiger partial charge on any atom is 0.341 e. The van der Waals surface area contributed by atoms with Crippen LogP contribution in [0.3, 0.4) is 0 Å². The normalized spacial score (nSPS) is 19.9. The number of nitrogens with zero attached hydrogens (tertiary/aromatic N) is 3. The summed E-state index contributed by atoms with van der Waals surface area (Å²) in [5.74, 6) is -0.830. The third-order valence-electron chi connectivity index (χ3n) is 9.30. The predicted octanol–water partition coefficient (Wildman–Crippen LogP) is 5.35. The molecule has 2 aliphatic rings. The summed E-state index contributed by atoms with van der Waals surface area (Å²) < 4.78 is 35.6. The minimum atomic E-state index is -4.69. The van der Waals surface area contributed by atoms with Crippen LogP contribution in [0.1, 0.15) is 41.6 Å². The third-order valence-corrected chi connectivity index (χ3v) is 11.4. The molecule has 1 saturated carbocycles. The number of nitrogens with two attached hydrogens (primary N) is 1. The molecule has 0 spiro atoms. The van der Waals surface area contributed by atoms with Crippen LogP contribution in [0, 0.1) is 11.8 Å². The summed E-state index contributed by atoms with van der Waals surface area (Å²) in [5, 5.41) is 10.6. The Kier molecular flexibility index (Phi) is 9.61. The maximum atomic E-state index is 14.5. The van der Waals surface area contributed by atoms with E-state index in [-0.39, 0.29) is 57.5 Å². The number of halogens is 1. The van der Waals surface area contributed by atoms with Crippen LogP contribution in [-0.2, 0) is 21.2 Å². The summed E-state index contributed by atoms with van der Waals surface area (Å²) in [6.45, 7) is 0.604. The number of rotatable bonds is 10.